The molecule has 0 aliphatic carbocycles. The second-order valence-corrected chi connectivity index (χ2v) is 6.80. The zero-order valence-corrected chi connectivity index (χ0v) is 16.1. The van der Waals surface area contributed by atoms with E-state index >= 15 is 0 Å². The van der Waals surface area contributed by atoms with Crippen LogP contribution >= 0.6 is 11.6 Å². The van der Waals surface area contributed by atoms with Gasteiger partial charge in [0.25, 0.3) is 0 Å². The van der Waals surface area contributed by atoms with Gasteiger partial charge in [-0.2, -0.15) is 0 Å². The number of rotatable bonds is 6. The standard InChI is InChI=1S/C21H20ClNO4/c1-12-10-15(22)8-9-18(12)26-11-19(24)27-14(3)21(25)20-13(2)23-17-7-5-4-6-16(17)20/h4-10,14,23H,11H2,1-3H3/t14-/m1/s1. The lowest BCUT2D eigenvalue weighted by atomic mass is 10.0. The van der Waals surface area contributed by atoms with Crippen molar-refractivity contribution in [3.8, 4) is 5.75 Å². The van der Waals surface area contributed by atoms with Crippen molar-refractivity contribution in [2.24, 2.45) is 0 Å². The van der Waals surface area contributed by atoms with Crippen LogP contribution in [-0.4, -0.2) is 29.4 Å². The number of halogens is 1. The fraction of sp³-hybridized carbons (Fsp3) is 0.238. The number of aryl methyl sites for hydroxylation is 2. The van der Waals surface area contributed by atoms with Gasteiger partial charge in [0.05, 0.1) is 0 Å². The van der Waals surface area contributed by atoms with Gasteiger partial charge in [-0.15, -0.1) is 0 Å². The number of ether oxygens (including phenoxy) is 2. The monoisotopic (exact) mass is 385 g/mol. The highest BCUT2D eigenvalue weighted by molar-refractivity contribution is 6.30. The predicted octanol–water partition coefficient (Wildman–Crippen LogP) is 4.63. The minimum atomic E-state index is -0.912. The first-order valence-electron chi connectivity index (χ1n) is 8.56. The molecule has 0 spiro atoms. The number of benzene rings is 2. The SMILES string of the molecule is Cc1cc(Cl)ccc1OCC(=O)O[C@H](C)C(=O)c1c(C)[nH]c2ccccc12. The van der Waals surface area contributed by atoms with Gasteiger partial charge in [0.1, 0.15) is 5.75 Å². The minimum Gasteiger partial charge on any atom is -0.482 e. The fourth-order valence-corrected chi connectivity index (χ4v) is 3.22. The van der Waals surface area contributed by atoms with E-state index in [2.05, 4.69) is 4.98 Å². The smallest absolute Gasteiger partial charge is 0.344 e. The molecule has 5 nitrogen and oxygen atoms in total. The first-order valence-corrected chi connectivity index (χ1v) is 8.94. The zero-order valence-electron chi connectivity index (χ0n) is 15.3. The Morgan fingerprint density at radius 3 is 2.63 bits per heavy atom. The highest BCUT2D eigenvalue weighted by Gasteiger charge is 2.24. The number of esters is 1. The van der Waals surface area contributed by atoms with Crippen molar-refractivity contribution in [3.63, 3.8) is 0 Å². The van der Waals surface area contributed by atoms with Crippen molar-refractivity contribution in [1.82, 2.24) is 4.98 Å². The lowest BCUT2D eigenvalue weighted by Gasteiger charge is -2.14. The van der Waals surface area contributed by atoms with E-state index in [4.69, 9.17) is 21.1 Å². The first kappa shape index (κ1) is 19.0. The fourth-order valence-electron chi connectivity index (χ4n) is 2.99. The van der Waals surface area contributed by atoms with E-state index in [1.54, 1.807) is 25.1 Å². The Hall–Kier alpha value is -2.79. The van der Waals surface area contributed by atoms with Crippen LogP contribution in [0.4, 0.5) is 0 Å². The summed E-state index contributed by atoms with van der Waals surface area (Å²) in [4.78, 5) is 28.1. The lowest BCUT2D eigenvalue weighted by Crippen LogP contribution is -2.27. The number of ketones is 1. The van der Waals surface area contributed by atoms with Gasteiger partial charge in [-0.25, -0.2) is 4.79 Å². The van der Waals surface area contributed by atoms with Crippen LogP contribution in [0, 0.1) is 13.8 Å². The van der Waals surface area contributed by atoms with Crippen molar-refractivity contribution in [3.05, 3.63) is 64.3 Å². The van der Waals surface area contributed by atoms with E-state index < -0.39 is 12.1 Å². The minimum absolute atomic E-state index is 0.249. The third kappa shape index (κ3) is 4.14. The van der Waals surface area contributed by atoms with E-state index in [0.29, 0.717) is 16.3 Å². The number of hydrogen-bond acceptors (Lipinski definition) is 4. The van der Waals surface area contributed by atoms with E-state index in [1.807, 2.05) is 38.1 Å². The number of Topliss-reactive ketones (excluding diaryl/α,β-unsaturated/α-hetero) is 1. The largest absolute Gasteiger partial charge is 0.482 e. The number of para-hydroxylation sites is 1. The maximum atomic E-state index is 12.8. The summed E-state index contributed by atoms with van der Waals surface area (Å²) in [5.74, 6) is -0.313. The molecule has 0 aliphatic heterocycles. The van der Waals surface area contributed by atoms with Crippen molar-refractivity contribution in [2.45, 2.75) is 26.9 Å². The van der Waals surface area contributed by atoms with Crippen LogP contribution in [0.1, 0.15) is 28.5 Å². The van der Waals surface area contributed by atoms with Gasteiger partial charge in [0, 0.05) is 27.2 Å². The molecular weight excluding hydrogens is 366 g/mol. The summed E-state index contributed by atoms with van der Waals surface area (Å²) in [6.07, 6.45) is -0.912. The first-order chi connectivity index (χ1) is 12.9. The molecule has 140 valence electrons. The molecule has 1 heterocycles. The molecule has 27 heavy (non-hydrogen) atoms. The van der Waals surface area contributed by atoms with Crippen molar-refractivity contribution in [2.75, 3.05) is 6.61 Å². The number of nitrogens with one attached hydrogen (secondary N) is 1. The number of carbonyl (C=O) groups is 2. The molecule has 0 fully saturated rings. The van der Waals surface area contributed by atoms with Crippen LogP contribution in [0.15, 0.2) is 42.5 Å². The third-order valence-corrected chi connectivity index (χ3v) is 4.54. The Kier molecular flexibility index (Phi) is 5.51. The summed E-state index contributed by atoms with van der Waals surface area (Å²) >= 11 is 5.90. The number of hydrogen-bond donors (Lipinski definition) is 1. The molecule has 2 aromatic carbocycles. The molecule has 1 atom stereocenters. The average Bonchev–Trinajstić information content (AvgIpc) is 2.96. The second kappa shape index (κ2) is 7.84. The average molecular weight is 386 g/mol. The zero-order chi connectivity index (χ0) is 19.6. The molecule has 0 amide bonds. The highest BCUT2D eigenvalue weighted by atomic mass is 35.5. The van der Waals surface area contributed by atoms with Crippen LogP contribution in [0.25, 0.3) is 10.9 Å². The molecule has 1 aromatic heterocycles. The third-order valence-electron chi connectivity index (χ3n) is 4.30. The van der Waals surface area contributed by atoms with Gasteiger partial charge in [-0.1, -0.05) is 29.8 Å². The summed E-state index contributed by atoms with van der Waals surface area (Å²) in [6.45, 7) is 4.94. The Balaban J connectivity index is 1.65. The molecule has 0 saturated heterocycles. The Bertz CT molecular complexity index is 1010. The molecule has 0 unspecified atom stereocenters. The van der Waals surface area contributed by atoms with Crippen molar-refractivity contribution >= 4 is 34.3 Å². The maximum Gasteiger partial charge on any atom is 0.344 e. The summed E-state index contributed by atoms with van der Waals surface area (Å²) in [6, 6.07) is 12.6. The molecule has 0 saturated carbocycles. The lowest BCUT2D eigenvalue weighted by molar-refractivity contribution is -0.148. The predicted molar refractivity (Wildman–Crippen MR) is 105 cm³/mol. The Labute approximate surface area is 162 Å². The molecular formula is C21H20ClNO4. The van der Waals surface area contributed by atoms with Gasteiger partial charge in [0.2, 0.25) is 5.78 Å². The molecule has 3 rings (SSSR count). The van der Waals surface area contributed by atoms with E-state index in [9.17, 15) is 9.59 Å². The summed E-state index contributed by atoms with van der Waals surface area (Å²) < 4.78 is 10.7. The maximum absolute atomic E-state index is 12.8. The summed E-state index contributed by atoms with van der Waals surface area (Å²) in [7, 11) is 0. The Morgan fingerprint density at radius 2 is 1.89 bits per heavy atom. The summed E-state index contributed by atoms with van der Waals surface area (Å²) in [5.41, 5.74) is 2.98. The molecule has 3 aromatic rings. The number of carbonyl (C=O) groups excluding carboxylic acids is 2. The van der Waals surface area contributed by atoms with Gasteiger partial charge in [-0.05, 0) is 50.6 Å². The summed E-state index contributed by atoms with van der Waals surface area (Å²) in [5, 5.41) is 1.41. The van der Waals surface area contributed by atoms with Crippen LogP contribution in [0.2, 0.25) is 5.02 Å². The molecule has 0 radical (unpaired) electrons. The second-order valence-electron chi connectivity index (χ2n) is 6.37. The van der Waals surface area contributed by atoms with E-state index in [0.717, 1.165) is 22.2 Å². The number of fused-ring (bicyclic) bond motifs is 1. The van der Waals surface area contributed by atoms with Gasteiger partial charge < -0.3 is 14.5 Å². The van der Waals surface area contributed by atoms with Crippen molar-refractivity contribution in [1.29, 1.82) is 0 Å². The van der Waals surface area contributed by atoms with Crippen LogP contribution in [0.5, 0.6) is 5.75 Å². The quantitative estimate of drug-likeness (QED) is 0.496. The normalized spacial score (nSPS) is 12.0. The number of H-pyrrole nitrogens is 1. The number of aromatic amines is 1. The van der Waals surface area contributed by atoms with Crippen LogP contribution < -0.4 is 4.74 Å². The molecule has 0 aliphatic rings. The molecule has 1 N–H and O–H groups in total. The highest BCUT2D eigenvalue weighted by Crippen LogP contribution is 2.24. The van der Waals surface area contributed by atoms with Gasteiger partial charge in [0.15, 0.2) is 12.7 Å². The van der Waals surface area contributed by atoms with Crippen molar-refractivity contribution < 1.29 is 19.1 Å². The van der Waals surface area contributed by atoms with Crippen LogP contribution in [-0.2, 0) is 9.53 Å². The van der Waals surface area contributed by atoms with E-state index in [-0.39, 0.29) is 12.4 Å². The van der Waals surface area contributed by atoms with E-state index in [1.165, 1.54) is 0 Å². The topological polar surface area (TPSA) is 68.4 Å². The van der Waals surface area contributed by atoms with Crippen LogP contribution in [0.3, 0.4) is 0 Å². The molecule has 0 bridgehead atoms. The van der Waals surface area contributed by atoms with Gasteiger partial charge in [-0.3, -0.25) is 4.79 Å². The Morgan fingerprint density at radius 1 is 1.15 bits per heavy atom. The van der Waals surface area contributed by atoms with Gasteiger partial charge >= 0.3 is 5.97 Å². The number of aromatic nitrogens is 1. The molecule has 6 heteroatoms.